The van der Waals surface area contributed by atoms with Crippen LogP contribution in [-0.2, 0) is 6.54 Å². The number of benzene rings is 1. The molecule has 0 radical (unpaired) electrons. The average Bonchev–Trinajstić information content (AvgIpc) is 3.15. The van der Waals surface area contributed by atoms with Crippen LogP contribution < -0.4 is 4.74 Å². The minimum atomic E-state index is -0.231. The Labute approximate surface area is 237 Å². The molecule has 0 saturated heterocycles. The van der Waals surface area contributed by atoms with E-state index in [0.29, 0.717) is 72.1 Å². The van der Waals surface area contributed by atoms with E-state index in [2.05, 4.69) is 20.4 Å². The summed E-state index contributed by atoms with van der Waals surface area (Å²) in [6.07, 6.45) is 11.5. The van der Waals surface area contributed by atoms with Gasteiger partial charge in [0, 0.05) is 41.6 Å². The lowest BCUT2D eigenvalue weighted by atomic mass is 9.81. The second-order valence-corrected chi connectivity index (χ2v) is 13.7. The number of hydrogen-bond acceptors (Lipinski definition) is 3. The van der Waals surface area contributed by atoms with E-state index in [0.717, 1.165) is 48.8 Å². The zero-order valence-corrected chi connectivity index (χ0v) is 24.1. The van der Waals surface area contributed by atoms with E-state index < -0.39 is 0 Å². The number of aromatic nitrogens is 1. The van der Waals surface area contributed by atoms with Crippen LogP contribution in [0, 0.1) is 35.4 Å². The van der Waals surface area contributed by atoms with Gasteiger partial charge in [0.2, 0.25) is 0 Å². The highest BCUT2D eigenvalue weighted by molar-refractivity contribution is 5.75. The molecule has 3 saturated carbocycles. The van der Waals surface area contributed by atoms with Crippen molar-refractivity contribution >= 4 is 5.57 Å². The molecule has 2 aromatic rings. The van der Waals surface area contributed by atoms with Gasteiger partial charge in [0.1, 0.15) is 11.6 Å². The van der Waals surface area contributed by atoms with Crippen LogP contribution in [0.25, 0.3) is 5.57 Å². The first-order valence-electron chi connectivity index (χ1n) is 15.8. The monoisotopic (exact) mass is 545 g/mol. The van der Waals surface area contributed by atoms with Crippen molar-refractivity contribution in [1.29, 1.82) is 0 Å². The molecule has 2 N–H and O–H groups in total. The van der Waals surface area contributed by atoms with E-state index in [9.17, 15) is 14.6 Å². The number of halogens is 1. The Bertz CT molecular complexity index is 1340. The number of fused-ring (bicyclic) bond motifs is 6. The lowest BCUT2D eigenvalue weighted by molar-refractivity contribution is 0.283. The van der Waals surface area contributed by atoms with Gasteiger partial charge >= 0.3 is 0 Å². The van der Waals surface area contributed by atoms with E-state index in [1.165, 1.54) is 48.8 Å². The molecule has 0 spiro atoms. The Balaban J connectivity index is 0.997. The topological polar surface area (TPSA) is 54.6 Å². The largest absolute Gasteiger partial charge is 0.494 e. The lowest BCUT2D eigenvalue weighted by Gasteiger charge is -2.24. The van der Waals surface area contributed by atoms with Crippen molar-refractivity contribution in [2.24, 2.45) is 29.6 Å². The number of ether oxygens (including phenoxy) is 1. The second kappa shape index (κ2) is 9.99. The quantitative estimate of drug-likeness (QED) is 0.282. The van der Waals surface area contributed by atoms with Crippen molar-refractivity contribution in [3.63, 3.8) is 0 Å². The number of rotatable bonds is 6. The van der Waals surface area contributed by atoms with E-state index in [-0.39, 0.29) is 5.82 Å². The molecule has 5 heteroatoms. The van der Waals surface area contributed by atoms with Gasteiger partial charge in [0.05, 0.1) is 6.61 Å². The third-order valence-electron chi connectivity index (χ3n) is 11.5. The smallest absolute Gasteiger partial charge is 0.197 e. The van der Waals surface area contributed by atoms with Gasteiger partial charge in [-0.15, -0.1) is 0 Å². The van der Waals surface area contributed by atoms with Crippen LogP contribution in [0.1, 0.15) is 107 Å². The molecule has 2 bridgehead atoms. The van der Waals surface area contributed by atoms with E-state index >= 15 is 0 Å². The molecule has 7 atom stereocenters. The van der Waals surface area contributed by atoms with Gasteiger partial charge in [-0.1, -0.05) is 37.5 Å². The van der Waals surface area contributed by atoms with Crippen LogP contribution >= 0.6 is 0 Å². The molecule has 4 nitrogen and oxygen atoms in total. The van der Waals surface area contributed by atoms with Crippen molar-refractivity contribution in [2.45, 2.75) is 96.4 Å². The Morgan fingerprint density at radius 3 is 2.48 bits per heavy atom. The van der Waals surface area contributed by atoms with Crippen LogP contribution in [0.2, 0.25) is 0 Å². The summed E-state index contributed by atoms with van der Waals surface area (Å²) in [6, 6.07) is 5.06. The lowest BCUT2D eigenvalue weighted by Crippen LogP contribution is -2.13. The molecule has 214 valence electrons. The molecular formula is C35H44FNO3. The van der Waals surface area contributed by atoms with Crippen LogP contribution in [-0.4, -0.2) is 21.4 Å². The Morgan fingerprint density at radius 1 is 1.00 bits per heavy atom. The van der Waals surface area contributed by atoms with Crippen LogP contribution in [0.15, 0.2) is 35.9 Å². The zero-order valence-electron chi connectivity index (χ0n) is 24.1. The number of nitrogens with zero attached hydrogens (tertiary/aromatic N) is 1. The third-order valence-corrected chi connectivity index (χ3v) is 11.5. The summed E-state index contributed by atoms with van der Waals surface area (Å²) in [6.45, 7) is 10.3. The molecule has 2 heterocycles. The molecule has 40 heavy (non-hydrogen) atoms. The number of aromatic hydroxyl groups is 2. The molecule has 7 unspecified atom stereocenters. The minimum Gasteiger partial charge on any atom is -0.494 e. The SMILES string of the molecule is C=C1C(CC(C)C2CCCC(C3=C(C)CCOc4cc(F)ccc43)CC2)C1Cn1c(O)c2c(c1O)C1CCC2C1. The Morgan fingerprint density at radius 2 is 1.73 bits per heavy atom. The summed E-state index contributed by atoms with van der Waals surface area (Å²) < 4.78 is 21.7. The highest BCUT2D eigenvalue weighted by atomic mass is 19.1. The first kappa shape index (κ1) is 26.2. The first-order chi connectivity index (χ1) is 19.3. The molecule has 1 aromatic carbocycles. The highest BCUT2D eigenvalue weighted by Gasteiger charge is 2.47. The molecule has 1 aliphatic heterocycles. The first-order valence-corrected chi connectivity index (χ1v) is 15.8. The second-order valence-electron chi connectivity index (χ2n) is 13.7. The summed E-state index contributed by atoms with van der Waals surface area (Å²) in [7, 11) is 0. The molecule has 3 fully saturated rings. The van der Waals surface area contributed by atoms with E-state index in [1.807, 2.05) is 6.07 Å². The predicted octanol–water partition coefficient (Wildman–Crippen LogP) is 8.68. The molecule has 0 amide bonds. The van der Waals surface area contributed by atoms with Crippen molar-refractivity contribution in [3.05, 3.63) is 58.4 Å². The average molecular weight is 546 g/mol. The molecule has 7 rings (SSSR count). The maximum absolute atomic E-state index is 14.0. The Kier molecular flexibility index (Phi) is 6.55. The van der Waals surface area contributed by atoms with Gasteiger partial charge in [-0.2, -0.15) is 0 Å². The molecular weight excluding hydrogens is 501 g/mol. The van der Waals surface area contributed by atoms with Gasteiger partial charge in [0.25, 0.3) is 0 Å². The van der Waals surface area contributed by atoms with Crippen LogP contribution in [0.5, 0.6) is 17.5 Å². The molecule has 4 aliphatic carbocycles. The molecule has 5 aliphatic rings. The fourth-order valence-corrected chi connectivity index (χ4v) is 9.18. The van der Waals surface area contributed by atoms with Gasteiger partial charge in [0.15, 0.2) is 11.8 Å². The molecule has 1 aromatic heterocycles. The van der Waals surface area contributed by atoms with Gasteiger partial charge < -0.3 is 14.9 Å². The van der Waals surface area contributed by atoms with E-state index in [4.69, 9.17) is 4.74 Å². The van der Waals surface area contributed by atoms with Gasteiger partial charge in [-0.25, -0.2) is 4.39 Å². The predicted molar refractivity (Wildman–Crippen MR) is 156 cm³/mol. The summed E-state index contributed by atoms with van der Waals surface area (Å²) >= 11 is 0. The fourth-order valence-electron chi connectivity index (χ4n) is 9.18. The number of allylic oxidation sites excluding steroid dienone is 2. The van der Waals surface area contributed by atoms with E-state index in [1.54, 1.807) is 16.7 Å². The normalized spacial score (nSPS) is 31.8. The maximum atomic E-state index is 14.0. The standard InChI is InChI=1S/C35H44FNO3/c1-19-13-14-40-30-17-26(36)11-12-27(30)31(19)23-6-4-5-22(7-8-23)20(2)15-28-21(3)29(28)18-37-34(38)32-24-9-10-25(16-24)33(32)35(37)39/h11-12,17,20,22-25,28-29,38-39H,3-10,13-16,18H2,1-2H3. The van der Waals surface area contributed by atoms with Crippen molar-refractivity contribution in [2.75, 3.05) is 6.61 Å². The zero-order chi connectivity index (χ0) is 27.7. The fraction of sp³-hybridized carbons (Fsp3) is 0.600. The van der Waals surface area contributed by atoms with Gasteiger partial charge in [-0.3, -0.25) is 4.57 Å². The van der Waals surface area contributed by atoms with Crippen LogP contribution in [0.4, 0.5) is 4.39 Å². The highest BCUT2D eigenvalue weighted by Crippen LogP contribution is 2.61. The van der Waals surface area contributed by atoms with Gasteiger partial charge in [-0.05, 0) is 105 Å². The van der Waals surface area contributed by atoms with Crippen molar-refractivity contribution in [1.82, 2.24) is 4.57 Å². The summed E-state index contributed by atoms with van der Waals surface area (Å²) in [5.41, 5.74) is 7.27. The van der Waals surface area contributed by atoms with Crippen molar-refractivity contribution < 1.29 is 19.3 Å². The van der Waals surface area contributed by atoms with Crippen LogP contribution in [0.3, 0.4) is 0 Å². The van der Waals surface area contributed by atoms with Crippen molar-refractivity contribution in [3.8, 4) is 17.5 Å². The third kappa shape index (κ3) is 4.30. The minimum absolute atomic E-state index is 0.231. The summed E-state index contributed by atoms with van der Waals surface area (Å²) in [5.74, 6) is 4.62. The number of hydrogen-bond donors (Lipinski definition) is 2. The Hall–Kier alpha value is -2.69. The summed E-state index contributed by atoms with van der Waals surface area (Å²) in [4.78, 5) is 0. The maximum Gasteiger partial charge on any atom is 0.197 e. The summed E-state index contributed by atoms with van der Waals surface area (Å²) in [5, 5.41) is 22.0.